The van der Waals surface area contributed by atoms with Gasteiger partial charge in [-0.3, -0.25) is 10.6 Å². The molecule has 21 heavy (non-hydrogen) atoms. The fourth-order valence-corrected chi connectivity index (χ4v) is 1.89. The minimum absolute atomic E-state index is 0.521. The van der Waals surface area contributed by atoms with Crippen LogP contribution in [0.2, 0.25) is 0 Å². The first-order valence-corrected chi connectivity index (χ1v) is 6.21. The van der Waals surface area contributed by atoms with Crippen LogP contribution >= 0.6 is 0 Å². The maximum atomic E-state index is 10.5. The highest BCUT2D eigenvalue weighted by Gasteiger charge is 2.01. The van der Waals surface area contributed by atoms with Crippen molar-refractivity contribution in [2.75, 3.05) is 10.6 Å². The Kier molecular flexibility index (Phi) is 4.40. The van der Waals surface area contributed by atoms with E-state index in [0.717, 1.165) is 11.1 Å². The van der Waals surface area contributed by atoms with Crippen molar-refractivity contribution in [1.82, 2.24) is 0 Å². The van der Waals surface area contributed by atoms with Crippen molar-refractivity contribution in [1.29, 1.82) is 0 Å². The van der Waals surface area contributed by atoms with Crippen molar-refractivity contribution < 1.29 is 19.8 Å². The highest BCUT2D eigenvalue weighted by molar-refractivity contribution is 5.83. The second-order valence-corrected chi connectivity index (χ2v) is 4.43. The summed E-state index contributed by atoms with van der Waals surface area (Å²) >= 11 is 0. The molecule has 0 bridgehead atoms. The third-order valence-electron chi connectivity index (χ3n) is 2.82. The fourth-order valence-electron chi connectivity index (χ4n) is 1.89. The third kappa shape index (κ3) is 4.54. The molecule has 0 radical (unpaired) electrons. The van der Waals surface area contributed by atoms with Gasteiger partial charge in [-0.1, -0.05) is 24.3 Å². The molecule has 6 heteroatoms. The van der Waals surface area contributed by atoms with Crippen molar-refractivity contribution in [3.63, 3.8) is 0 Å². The van der Waals surface area contributed by atoms with Gasteiger partial charge in [0.05, 0.1) is 0 Å². The topological polar surface area (TPSA) is 98.7 Å². The minimum Gasteiger partial charge on any atom is -0.465 e. The van der Waals surface area contributed by atoms with Gasteiger partial charge in [-0.25, -0.2) is 9.59 Å². The van der Waals surface area contributed by atoms with Crippen LogP contribution in [0.1, 0.15) is 11.1 Å². The Hall–Kier alpha value is -3.02. The molecule has 6 nitrogen and oxygen atoms in total. The first kappa shape index (κ1) is 14.4. The molecule has 0 saturated carbocycles. The summed E-state index contributed by atoms with van der Waals surface area (Å²) in [7, 11) is 0. The molecule has 0 unspecified atom stereocenters. The Morgan fingerprint density at radius 2 is 1.05 bits per heavy atom. The Balaban J connectivity index is 2.01. The Morgan fingerprint density at radius 1 is 0.714 bits per heavy atom. The van der Waals surface area contributed by atoms with E-state index in [1.54, 1.807) is 24.3 Å². The molecule has 0 aromatic heterocycles. The van der Waals surface area contributed by atoms with Crippen molar-refractivity contribution in [3.05, 3.63) is 59.7 Å². The second-order valence-electron chi connectivity index (χ2n) is 4.43. The smallest absolute Gasteiger partial charge is 0.409 e. The van der Waals surface area contributed by atoms with Gasteiger partial charge in [-0.05, 0) is 41.8 Å². The highest BCUT2D eigenvalue weighted by Crippen LogP contribution is 2.16. The van der Waals surface area contributed by atoms with Gasteiger partial charge in [-0.2, -0.15) is 0 Å². The van der Waals surface area contributed by atoms with Crippen molar-refractivity contribution >= 4 is 23.6 Å². The number of nitrogens with one attached hydrogen (secondary N) is 2. The van der Waals surface area contributed by atoms with Gasteiger partial charge in [0, 0.05) is 11.4 Å². The van der Waals surface area contributed by atoms with E-state index in [4.69, 9.17) is 10.2 Å². The lowest BCUT2D eigenvalue weighted by molar-refractivity contribution is 0.208. The van der Waals surface area contributed by atoms with Crippen molar-refractivity contribution in [3.8, 4) is 0 Å². The lowest BCUT2D eigenvalue weighted by atomic mass is 10.0. The predicted octanol–water partition coefficient (Wildman–Crippen LogP) is 3.46. The zero-order valence-corrected chi connectivity index (χ0v) is 11.0. The number of benzene rings is 2. The van der Waals surface area contributed by atoms with Crippen LogP contribution in [0.4, 0.5) is 21.0 Å². The van der Waals surface area contributed by atoms with E-state index in [1.165, 1.54) is 0 Å². The average Bonchev–Trinajstić information content (AvgIpc) is 2.42. The zero-order valence-electron chi connectivity index (χ0n) is 11.0. The largest absolute Gasteiger partial charge is 0.465 e. The number of rotatable bonds is 4. The van der Waals surface area contributed by atoms with Crippen LogP contribution in [-0.4, -0.2) is 22.4 Å². The molecule has 0 saturated heterocycles. The first-order valence-electron chi connectivity index (χ1n) is 6.21. The fraction of sp³-hybridized carbons (Fsp3) is 0.0667. The van der Waals surface area contributed by atoms with Crippen LogP contribution in [0.25, 0.3) is 0 Å². The number of amides is 2. The second kappa shape index (κ2) is 6.42. The zero-order chi connectivity index (χ0) is 15.2. The number of carboxylic acid groups (broad SMARTS) is 2. The number of carbonyl (C=O) groups is 2. The molecular formula is C15H14N2O4. The SMILES string of the molecule is O=C(O)Nc1ccc(Cc2ccc(NC(=O)O)cc2)cc1. The van der Waals surface area contributed by atoms with Crippen LogP contribution in [0, 0.1) is 0 Å². The maximum Gasteiger partial charge on any atom is 0.409 e. The van der Waals surface area contributed by atoms with E-state index >= 15 is 0 Å². The van der Waals surface area contributed by atoms with Crippen LogP contribution < -0.4 is 10.6 Å². The third-order valence-corrected chi connectivity index (χ3v) is 2.82. The van der Waals surface area contributed by atoms with E-state index in [-0.39, 0.29) is 0 Å². The molecule has 0 aliphatic rings. The summed E-state index contributed by atoms with van der Waals surface area (Å²) in [6.07, 6.45) is -1.51. The molecule has 0 aliphatic carbocycles. The van der Waals surface area contributed by atoms with E-state index in [2.05, 4.69) is 10.6 Å². The highest BCUT2D eigenvalue weighted by atomic mass is 16.4. The van der Waals surface area contributed by atoms with Crippen LogP contribution in [0.15, 0.2) is 48.5 Å². The molecule has 2 amide bonds. The maximum absolute atomic E-state index is 10.5. The summed E-state index contributed by atoms with van der Waals surface area (Å²) in [4.78, 5) is 21.0. The van der Waals surface area contributed by atoms with E-state index < -0.39 is 12.2 Å². The summed E-state index contributed by atoms with van der Waals surface area (Å²) in [6.45, 7) is 0. The van der Waals surface area contributed by atoms with Crippen molar-refractivity contribution in [2.45, 2.75) is 6.42 Å². The van der Waals surface area contributed by atoms with Gasteiger partial charge >= 0.3 is 12.2 Å². The van der Waals surface area contributed by atoms with Gasteiger partial charge in [0.15, 0.2) is 0 Å². The standard InChI is InChI=1S/C15H14N2O4/c18-14(19)16-12-5-1-10(2-6-12)9-11-3-7-13(8-4-11)17-15(20)21/h1-8,16-17H,9H2,(H,18,19)(H,20,21). The van der Waals surface area contributed by atoms with Gasteiger partial charge in [-0.15, -0.1) is 0 Å². The van der Waals surface area contributed by atoms with E-state index in [1.807, 2.05) is 24.3 Å². The van der Waals surface area contributed by atoms with Crippen LogP contribution in [0.5, 0.6) is 0 Å². The minimum atomic E-state index is -1.09. The molecule has 0 aliphatic heterocycles. The summed E-state index contributed by atoms with van der Waals surface area (Å²) in [5.74, 6) is 0. The number of hydrogen-bond donors (Lipinski definition) is 4. The quantitative estimate of drug-likeness (QED) is 0.691. The van der Waals surface area contributed by atoms with Crippen molar-refractivity contribution in [2.24, 2.45) is 0 Å². The molecule has 4 N–H and O–H groups in total. The Morgan fingerprint density at radius 3 is 1.33 bits per heavy atom. The van der Waals surface area contributed by atoms with Gasteiger partial charge in [0.2, 0.25) is 0 Å². The van der Waals surface area contributed by atoms with Crippen LogP contribution in [0.3, 0.4) is 0 Å². The first-order chi connectivity index (χ1) is 10.0. The molecule has 2 aromatic rings. The monoisotopic (exact) mass is 286 g/mol. The summed E-state index contributed by atoms with van der Waals surface area (Å²) in [6, 6.07) is 14.2. The molecule has 108 valence electrons. The number of hydrogen-bond acceptors (Lipinski definition) is 2. The van der Waals surface area contributed by atoms with Gasteiger partial charge in [0.1, 0.15) is 0 Å². The normalized spacial score (nSPS) is 9.90. The lowest BCUT2D eigenvalue weighted by Crippen LogP contribution is -2.07. The van der Waals surface area contributed by atoms with E-state index in [0.29, 0.717) is 17.8 Å². The number of anilines is 2. The lowest BCUT2D eigenvalue weighted by Gasteiger charge is -2.06. The molecule has 0 heterocycles. The molecule has 0 atom stereocenters. The van der Waals surface area contributed by atoms with Gasteiger partial charge in [0.25, 0.3) is 0 Å². The Labute approximate surface area is 121 Å². The van der Waals surface area contributed by atoms with E-state index in [9.17, 15) is 9.59 Å². The van der Waals surface area contributed by atoms with Crippen LogP contribution in [-0.2, 0) is 6.42 Å². The molecule has 0 spiro atoms. The van der Waals surface area contributed by atoms with Gasteiger partial charge < -0.3 is 10.2 Å². The molecule has 2 rings (SSSR count). The predicted molar refractivity (Wildman–Crippen MR) is 79.0 cm³/mol. The summed E-state index contributed by atoms with van der Waals surface area (Å²) < 4.78 is 0. The summed E-state index contributed by atoms with van der Waals surface area (Å²) in [5.41, 5.74) is 3.11. The average molecular weight is 286 g/mol. The molecular weight excluding hydrogens is 272 g/mol. The summed E-state index contributed by atoms with van der Waals surface area (Å²) in [5, 5.41) is 21.8. The Bertz CT molecular complexity index is 578. The molecule has 0 fully saturated rings. The molecule has 2 aromatic carbocycles.